The minimum Gasteiger partial charge on any atom is -0.381 e. The molecule has 0 spiro atoms. The van der Waals surface area contributed by atoms with Gasteiger partial charge in [-0.2, -0.15) is 0 Å². The molecule has 11 nitrogen and oxygen atoms in total. The molecule has 2 aromatic heterocycles. The summed E-state index contributed by atoms with van der Waals surface area (Å²) in [6, 6.07) is -0.729. The fourth-order valence-corrected chi connectivity index (χ4v) is 8.40. The third-order valence-corrected chi connectivity index (χ3v) is 11.1. The van der Waals surface area contributed by atoms with Crippen molar-refractivity contribution >= 4 is 17.4 Å². The minimum atomic E-state index is -1.16. The number of carbonyl (C=O) groups is 1. The number of aliphatic hydroxyl groups excluding tert-OH is 1. The lowest BCUT2D eigenvalue weighted by molar-refractivity contribution is -0.0898. The van der Waals surface area contributed by atoms with E-state index < -0.39 is 36.2 Å². The van der Waals surface area contributed by atoms with Gasteiger partial charge in [0.25, 0.3) is 5.91 Å². The number of anilines is 1. The Labute approximate surface area is 271 Å². The van der Waals surface area contributed by atoms with Crippen LogP contribution >= 0.6 is 0 Å². The topological polar surface area (TPSA) is 118 Å². The lowest BCUT2D eigenvalue weighted by Gasteiger charge is -2.50. The summed E-state index contributed by atoms with van der Waals surface area (Å²) in [5.74, 6) is -0.850. The number of hydrogen-bond acceptors (Lipinski definition) is 9. The predicted molar refractivity (Wildman–Crippen MR) is 174 cm³/mol. The lowest BCUT2D eigenvalue weighted by Crippen LogP contribution is -2.69. The maximum Gasteiger partial charge on any atom is 0.259 e. The van der Waals surface area contributed by atoms with Crippen molar-refractivity contribution < 1.29 is 18.7 Å². The smallest absolute Gasteiger partial charge is 0.259 e. The van der Waals surface area contributed by atoms with Crippen LogP contribution in [0.2, 0.25) is 0 Å². The predicted octanol–water partition coefficient (Wildman–Crippen LogP) is 2.74. The van der Waals surface area contributed by atoms with Gasteiger partial charge in [-0.05, 0) is 45.8 Å². The second kappa shape index (κ2) is 15.2. The number of fused-ring (bicyclic) bond motifs is 1. The first kappa shape index (κ1) is 33.5. The quantitative estimate of drug-likeness (QED) is 0.436. The Morgan fingerprint density at radius 3 is 2.28 bits per heavy atom. The first-order valence-corrected chi connectivity index (χ1v) is 17.6. The monoisotopic (exact) mass is 645 g/mol. The van der Waals surface area contributed by atoms with Crippen molar-refractivity contribution in [3.8, 4) is 0 Å². The van der Waals surface area contributed by atoms with Crippen LogP contribution in [-0.4, -0.2) is 135 Å². The Kier molecular flexibility index (Phi) is 11.0. The molecule has 0 radical (unpaired) electrons. The van der Waals surface area contributed by atoms with Crippen LogP contribution < -0.4 is 11.1 Å². The van der Waals surface area contributed by atoms with Crippen LogP contribution in [0.4, 0.5) is 14.6 Å². The summed E-state index contributed by atoms with van der Waals surface area (Å²) in [7, 11) is 2.12. The highest BCUT2D eigenvalue weighted by atomic mass is 19.1. The molecule has 1 saturated carbocycles. The van der Waals surface area contributed by atoms with Crippen molar-refractivity contribution in [2.75, 3.05) is 65.1 Å². The van der Waals surface area contributed by atoms with E-state index in [1.807, 2.05) is 0 Å². The van der Waals surface area contributed by atoms with Gasteiger partial charge in [0.2, 0.25) is 0 Å². The summed E-state index contributed by atoms with van der Waals surface area (Å²) in [6.45, 7) is 5.41. The fourth-order valence-electron chi connectivity index (χ4n) is 8.40. The molecular weight excluding hydrogens is 592 g/mol. The van der Waals surface area contributed by atoms with E-state index in [4.69, 9.17) is 5.73 Å². The van der Waals surface area contributed by atoms with Gasteiger partial charge in [-0.3, -0.25) is 19.5 Å². The van der Waals surface area contributed by atoms with Gasteiger partial charge in [0, 0.05) is 51.2 Å². The van der Waals surface area contributed by atoms with E-state index in [9.17, 15) is 14.3 Å². The van der Waals surface area contributed by atoms with Gasteiger partial charge in [-0.25, -0.2) is 18.3 Å². The third-order valence-electron chi connectivity index (χ3n) is 11.1. The molecule has 4 unspecified atom stereocenters. The molecule has 4 fully saturated rings. The average molecular weight is 646 g/mol. The van der Waals surface area contributed by atoms with Gasteiger partial charge >= 0.3 is 0 Å². The molecule has 0 aromatic carbocycles. The van der Waals surface area contributed by atoms with E-state index in [-0.39, 0.29) is 29.0 Å². The van der Waals surface area contributed by atoms with Gasteiger partial charge in [-0.15, -0.1) is 5.10 Å². The fraction of sp³-hybridized carbons (Fsp3) is 0.788. The molecule has 6 rings (SSSR count). The van der Waals surface area contributed by atoms with Crippen LogP contribution in [0.3, 0.4) is 0 Å². The molecule has 13 heteroatoms. The molecule has 2 aromatic rings. The van der Waals surface area contributed by atoms with Crippen LogP contribution in [0.25, 0.3) is 5.65 Å². The van der Waals surface area contributed by atoms with Crippen molar-refractivity contribution in [3.05, 3.63) is 23.8 Å². The molecule has 256 valence electrons. The Hall–Kier alpha value is -2.45. The van der Waals surface area contributed by atoms with Crippen LogP contribution in [0.15, 0.2) is 12.4 Å². The largest absolute Gasteiger partial charge is 0.381 e. The van der Waals surface area contributed by atoms with Crippen LogP contribution in [0, 0.1) is 11.7 Å². The van der Waals surface area contributed by atoms with Crippen molar-refractivity contribution in [2.24, 2.45) is 5.92 Å². The number of nitrogens with two attached hydrogens (primary N) is 1. The van der Waals surface area contributed by atoms with E-state index in [0.29, 0.717) is 39.3 Å². The molecule has 3 saturated heterocycles. The number of aromatic nitrogens is 3. The Balaban J connectivity index is 1.19. The molecule has 4 N–H and O–H groups in total. The molecule has 46 heavy (non-hydrogen) atoms. The van der Waals surface area contributed by atoms with Crippen molar-refractivity contribution in [1.82, 2.24) is 39.5 Å². The molecule has 1 aliphatic carbocycles. The molecular formula is C33H53F2N9O2. The summed E-state index contributed by atoms with van der Waals surface area (Å²) < 4.78 is 31.6. The summed E-state index contributed by atoms with van der Waals surface area (Å²) >= 11 is 0. The number of likely N-dealkylation sites (tertiary alicyclic amines) is 2. The van der Waals surface area contributed by atoms with E-state index >= 15 is 4.39 Å². The Morgan fingerprint density at radius 1 is 0.957 bits per heavy atom. The third kappa shape index (κ3) is 7.64. The highest BCUT2D eigenvalue weighted by Gasteiger charge is 2.45. The summed E-state index contributed by atoms with van der Waals surface area (Å²) in [6.07, 6.45) is 13.1. The maximum atomic E-state index is 16.6. The number of rotatable bonds is 6. The van der Waals surface area contributed by atoms with Crippen LogP contribution in [0.1, 0.15) is 81.0 Å². The molecule has 1 amide bonds. The van der Waals surface area contributed by atoms with E-state index in [0.717, 1.165) is 64.0 Å². The van der Waals surface area contributed by atoms with E-state index in [2.05, 4.69) is 42.0 Å². The van der Waals surface area contributed by atoms with Gasteiger partial charge in [0.05, 0.1) is 24.5 Å². The molecule has 0 bridgehead atoms. The highest BCUT2D eigenvalue weighted by molar-refractivity contribution is 6.04. The minimum absolute atomic E-state index is 0.0412. The lowest BCUT2D eigenvalue weighted by atomic mass is 9.90. The zero-order valence-corrected chi connectivity index (χ0v) is 27.4. The summed E-state index contributed by atoms with van der Waals surface area (Å²) in [4.78, 5) is 26.8. The number of nitrogens with zero attached hydrogens (tertiary/aromatic N) is 7. The van der Waals surface area contributed by atoms with E-state index in [1.54, 1.807) is 0 Å². The maximum absolute atomic E-state index is 16.6. The number of carbonyl (C=O) groups excluding carboxylic acids is 1. The van der Waals surface area contributed by atoms with Crippen LogP contribution in [-0.2, 0) is 0 Å². The normalized spacial score (nSPS) is 28.7. The number of nitrogen functional groups attached to an aromatic ring is 1. The first-order valence-electron chi connectivity index (χ1n) is 17.6. The molecule has 4 aliphatic rings. The zero-order chi connectivity index (χ0) is 32.2. The molecule has 4 atom stereocenters. The van der Waals surface area contributed by atoms with Gasteiger partial charge in [-0.1, -0.05) is 44.9 Å². The zero-order valence-electron chi connectivity index (χ0n) is 27.4. The number of halogens is 2. The van der Waals surface area contributed by atoms with E-state index in [1.165, 1.54) is 36.6 Å². The SMILES string of the molecule is CN1CCC(C(O)N2CCN(C3C(F)CN(C4CCCCCCCCC4)CC3NC(=O)c3c(N)nn4cc(F)cnc34)CC2)CC1. The number of hydrogen-bond donors (Lipinski definition) is 3. The number of piperidine rings is 2. The van der Waals surface area contributed by atoms with Crippen molar-refractivity contribution in [1.29, 1.82) is 0 Å². The van der Waals surface area contributed by atoms with Gasteiger partial charge in [0.15, 0.2) is 17.3 Å². The Morgan fingerprint density at radius 2 is 1.61 bits per heavy atom. The van der Waals surface area contributed by atoms with Gasteiger partial charge in [0.1, 0.15) is 18.0 Å². The standard InChI is InChI=1S/C33H53F2N9O2/c1-40-13-11-23(12-14-40)33(46)42-17-15-41(16-18-42)29-26(35)21-43(25-9-7-5-3-2-4-6-8-10-25)22-27(29)38-32(45)28-30(36)39-44-20-24(34)19-37-31(28)44/h19-20,23,25-27,29,33,46H,2-18,21-22H2,1H3,(H2,36,39)(H,38,45). The number of alkyl halides is 1. The number of nitrogens with one attached hydrogen (secondary N) is 1. The first-order chi connectivity index (χ1) is 22.3. The summed E-state index contributed by atoms with van der Waals surface area (Å²) in [5, 5.41) is 18.5. The van der Waals surface area contributed by atoms with Gasteiger partial charge < -0.3 is 21.1 Å². The van der Waals surface area contributed by atoms with Crippen molar-refractivity contribution in [2.45, 2.75) is 101 Å². The number of amides is 1. The molecule has 3 aliphatic heterocycles. The van der Waals surface area contributed by atoms with Crippen LogP contribution in [0.5, 0.6) is 0 Å². The van der Waals surface area contributed by atoms with Crippen molar-refractivity contribution in [3.63, 3.8) is 0 Å². The highest BCUT2D eigenvalue weighted by Crippen LogP contribution is 2.30. The second-order valence-electron chi connectivity index (χ2n) is 14.2. The average Bonchev–Trinajstić information content (AvgIpc) is 3.38. The molecule has 5 heterocycles. The summed E-state index contributed by atoms with van der Waals surface area (Å²) in [5.41, 5.74) is 6.40. The second-order valence-corrected chi connectivity index (χ2v) is 14.2. The number of piperazine rings is 1. The number of aliphatic hydroxyl groups is 1. The Bertz CT molecular complexity index is 1290.